The lowest BCUT2D eigenvalue weighted by atomic mass is 9.98. The number of hydrogen-bond acceptors (Lipinski definition) is 2. The molecular formula is C23H16F5NO. The molecule has 2 unspecified atom stereocenters. The molecule has 1 heterocycles. The van der Waals surface area contributed by atoms with Crippen molar-refractivity contribution in [3.8, 4) is 11.1 Å². The van der Waals surface area contributed by atoms with Gasteiger partial charge >= 0.3 is 6.18 Å². The molecule has 3 aromatic carbocycles. The summed E-state index contributed by atoms with van der Waals surface area (Å²) in [5.74, 6) is -1.59. The van der Waals surface area contributed by atoms with E-state index >= 15 is 0 Å². The van der Waals surface area contributed by atoms with Crippen molar-refractivity contribution in [1.82, 2.24) is 0 Å². The molecule has 154 valence electrons. The van der Waals surface area contributed by atoms with Gasteiger partial charge in [0.1, 0.15) is 29.3 Å². The van der Waals surface area contributed by atoms with E-state index in [0.717, 1.165) is 35.4 Å². The van der Waals surface area contributed by atoms with Gasteiger partial charge in [0.2, 0.25) is 5.90 Å². The highest BCUT2D eigenvalue weighted by atomic mass is 19.4. The third kappa shape index (κ3) is 3.79. The number of rotatable bonds is 3. The van der Waals surface area contributed by atoms with E-state index in [4.69, 9.17) is 4.74 Å². The highest BCUT2D eigenvalue weighted by Crippen LogP contribution is 2.34. The van der Waals surface area contributed by atoms with Gasteiger partial charge in [0, 0.05) is 0 Å². The lowest BCUT2D eigenvalue weighted by Crippen LogP contribution is -2.14. The predicted octanol–water partition coefficient (Wildman–Crippen LogP) is 6.56. The Hall–Kier alpha value is -3.22. The summed E-state index contributed by atoms with van der Waals surface area (Å²) in [5.41, 5.74) is 1.14. The molecule has 0 aromatic heterocycles. The number of benzene rings is 3. The highest BCUT2D eigenvalue weighted by Gasteiger charge is 2.32. The van der Waals surface area contributed by atoms with Crippen molar-refractivity contribution in [3.63, 3.8) is 0 Å². The first kappa shape index (κ1) is 20.1. The molecule has 7 heteroatoms. The topological polar surface area (TPSA) is 21.6 Å². The van der Waals surface area contributed by atoms with Crippen molar-refractivity contribution in [2.24, 2.45) is 4.99 Å². The molecular weight excluding hydrogens is 401 g/mol. The van der Waals surface area contributed by atoms with E-state index in [-0.39, 0.29) is 11.5 Å². The summed E-state index contributed by atoms with van der Waals surface area (Å²) in [4.78, 5) is 4.36. The van der Waals surface area contributed by atoms with Gasteiger partial charge < -0.3 is 4.74 Å². The lowest BCUT2D eigenvalue weighted by Gasteiger charge is -2.14. The first-order chi connectivity index (χ1) is 14.2. The monoisotopic (exact) mass is 417 g/mol. The molecule has 0 bridgehead atoms. The average molecular weight is 417 g/mol. The Bertz CT molecular complexity index is 1070. The van der Waals surface area contributed by atoms with Crippen molar-refractivity contribution in [1.29, 1.82) is 0 Å². The summed E-state index contributed by atoms with van der Waals surface area (Å²) in [5, 5.41) is 0. The molecule has 0 N–H and O–H groups in total. The maximum absolute atomic E-state index is 14.0. The van der Waals surface area contributed by atoms with E-state index in [1.165, 1.54) is 18.2 Å². The van der Waals surface area contributed by atoms with Crippen molar-refractivity contribution in [3.05, 3.63) is 95.1 Å². The minimum absolute atomic E-state index is 0.0880. The first-order valence-electron chi connectivity index (χ1n) is 9.20. The second-order valence-electron chi connectivity index (χ2n) is 7.00. The third-order valence-corrected chi connectivity index (χ3v) is 4.97. The van der Waals surface area contributed by atoms with Gasteiger partial charge in [-0.1, -0.05) is 42.5 Å². The Labute approximate surface area is 169 Å². The highest BCUT2D eigenvalue weighted by molar-refractivity contribution is 5.96. The van der Waals surface area contributed by atoms with E-state index < -0.39 is 35.5 Å². The number of alkyl halides is 3. The summed E-state index contributed by atoms with van der Waals surface area (Å²) in [7, 11) is 0. The van der Waals surface area contributed by atoms with Gasteiger partial charge in [0.25, 0.3) is 0 Å². The largest absolute Gasteiger partial charge is 0.472 e. The third-order valence-electron chi connectivity index (χ3n) is 4.97. The Morgan fingerprint density at radius 3 is 1.87 bits per heavy atom. The standard InChI is InChI=1S/C23H16F5NO/c1-13-21(29-22(30-13)20-18(24)3-2-4-19(20)25)16-7-5-14(6-8-16)15-9-11-17(12-10-15)23(26,27)28/h2-13,21H,1H3. The molecule has 1 aliphatic rings. The average Bonchev–Trinajstić information content (AvgIpc) is 3.08. The van der Waals surface area contributed by atoms with Crippen molar-refractivity contribution in [2.45, 2.75) is 25.2 Å². The summed E-state index contributed by atoms with van der Waals surface area (Å²) < 4.78 is 71.8. The maximum Gasteiger partial charge on any atom is 0.416 e. The lowest BCUT2D eigenvalue weighted by molar-refractivity contribution is -0.137. The SMILES string of the molecule is CC1OC(c2c(F)cccc2F)=NC1c1ccc(-c2ccc(C(F)(F)F)cc2)cc1. The van der Waals surface area contributed by atoms with Crippen LogP contribution in [0.15, 0.2) is 71.7 Å². The van der Waals surface area contributed by atoms with Crippen LogP contribution in [-0.4, -0.2) is 12.0 Å². The first-order valence-corrected chi connectivity index (χ1v) is 9.20. The van der Waals surface area contributed by atoms with Gasteiger partial charge in [-0.05, 0) is 47.9 Å². The van der Waals surface area contributed by atoms with Gasteiger partial charge in [0.15, 0.2) is 0 Å². The minimum Gasteiger partial charge on any atom is -0.472 e. The second-order valence-corrected chi connectivity index (χ2v) is 7.00. The van der Waals surface area contributed by atoms with Crippen LogP contribution in [0.4, 0.5) is 22.0 Å². The Morgan fingerprint density at radius 1 is 0.800 bits per heavy atom. The molecule has 3 aromatic rings. The molecule has 1 aliphatic heterocycles. The molecule has 0 saturated heterocycles. The van der Waals surface area contributed by atoms with Crippen LogP contribution in [0, 0.1) is 11.6 Å². The van der Waals surface area contributed by atoms with E-state index in [1.54, 1.807) is 31.2 Å². The summed E-state index contributed by atoms with van der Waals surface area (Å²) >= 11 is 0. The number of nitrogens with zero attached hydrogens (tertiary/aromatic N) is 1. The van der Waals surface area contributed by atoms with Gasteiger partial charge in [-0.15, -0.1) is 0 Å². The fourth-order valence-corrected chi connectivity index (χ4v) is 3.40. The van der Waals surface area contributed by atoms with Crippen LogP contribution in [0.5, 0.6) is 0 Å². The maximum atomic E-state index is 14.0. The van der Waals surface area contributed by atoms with E-state index in [2.05, 4.69) is 4.99 Å². The molecule has 0 saturated carbocycles. The van der Waals surface area contributed by atoms with Crippen molar-refractivity contribution < 1.29 is 26.7 Å². The number of aliphatic imine (C=N–C) groups is 1. The van der Waals surface area contributed by atoms with Crippen LogP contribution in [0.3, 0.4) is 0 Å². The molecule has 0 amide bonds. The predicted molar refractivity (Wildman–Crippen MR) is 103 cm³/mol. The van der Waals surface area contributed by atoms with Crippen LogP contribution in [0.2, 0.25) is 0 Å². The molecule has 2 nitrogen and oxygen atoms in total. The zero-order valence-electron chi connectivity index (χ0n) is 15.8. The normalized spacial score (nSPS) is 18.8. The second kappa shape index (κ2) is 7.55. The Kier molecular flexibility index (Phi) is 5.05. The van der Waals surface area contributed by atoms with Gasteiger partial charge in [-0.3, -0.25) is 0 Å². The summed E-state index contributed by atoms with van der Waals surface area (Å²) in [6.07, 6.45) is -4.81. The van der Waals surface area contributed by atoms with Gasteiger partial charge in [0.05, 0.1) is 5.56 Å². The Balaban J connectivity index is 1.59. The molecule has 2 atom stereocenters. The number of ether oxygens (including phenoxy) is 1. The molecule has 0 spiro atoms. The van der Waals surface area contributed by atoms with Crippen LogP contribution >= 0.6 is 0 Å². The molecule has 0 radical (unpaired) electrons. The fourth-order valence-electron chi connectivity index (χ4n) is 3.40. The van der Waals surface area contributed by atoms with E-state index in [0.29, 0.717) is 5.56 Å². The van der Waals surface area contributed by atoms with Crippen LogP contribution in [0.25, 0.3) is 11.1 Å². The van der Waals surface area contributed by atoms with Crippen molar-refractivity contribution in [2.75, 3.05) is 0 Å². The van der Waals surface area contributed by atoms with Crippen LogP contribution in [-0.2, 0) is 10.9 Å². The molecule has 30 heavy (non-hydrogen) atoms. The molecule has 0 aliphatic carbocycles. The number of hydrogen-bond donors (Lipinski definition) is 0. The van der Waals surface area contributed by atoms with Crippen LogP contribution < -0.4 is 0 Å². The summed E-state index contributed by atoms with van der Waals surface area (Å²) in [6.45, 7) is 1.75. The van der Waals surface area contributed by atoms with Gasteiger partial charge in [-0.2, -0.15) is 13.2 Å². The van der Waals surface area contributed by atoms with E-state index in [9.17, 15) is 22.0 Å². The van der Waals surface area contributed by atoms with E-state index in [1.807, 2.05) is 0 Å². The minimum atomic E-state index is -4.38. The molecule has 0 fully saturated rings. The zero-order valence-corrected chi connectivity index (χ0v) is 15.8. The Morgan fingerprint density at radius 2 is 1.33 bits per heavy atom. The van der Waals surface area contributed by atoms with Crippen molar-refractivity contribution >= 4 is 5.90 Å². The van der Waals surface area contributed by atoms with Crippen LogP contribution in [0.1, 0.15) is 29.7 Å². The zero-order chi connectivity index (χ0) is 21.5. The van der Waals surface area contributed by atoms with Gasteiger partial charge in [-0.25, -0.2) is 13.8 Å². The molecule has 4 rings (SSSR count). The smallest absolute Gasteiger partial charge is 0.416 e. The number of halogens is 5. The summed E-state index contributed by atoms with van der Waals surface area (Å²) in [6, 6.07) is 15.1. The quantitative estimate of drug-likeness (QED) is 0.443. The fraction of sp³-hybridized carbons (Fsp3) is 0.174.